The van der Waals surface area contributed by atoms with Gasteiger partial charge in [0, 0.05) is 12.4 Å². The molecule has 6 nitrogen and oxygen atoms in total. The molecule has 4 aromatic rings. The fourth-order valence-corrected chi connectivity index (χ4v) is 3.17. The number of fused-ring (bicyclic) bond motifs is 1. The second-order valence-corrected chi connectivity index (χ2v) is 6.65. The van der Waals surface area contributed by atoms with Crippen LogP contribution in [0, 0.1) is 0 Å². The third-order valence-electron chi connectivity index (χ3n) is 4.65. The van der Waals surface area contributed by atoms with E-state index in [1.54, 1.807) is 36.5 Å². The van der Waals surface area contributed by atoms with Crippen molar-refractivity contribution >= 4 is 11.0 Å². The summed E-state index contributed by atoms with van der Waals surface area (Å²) in [5.41, 5.74) is -0.503. The van der Waals surface area contributed by atoms with Crippen molar-refractivity contribution in [1.29, 1.82) is 0 Å². The van der Waals surface area contributed by atoms with E-state index < -0.39 is 23.0 Å². The average molecular weight is 412 g/mol. The summed E-state index contributed by atoms with van der Waals surface area (Å²) in [6.07, 6.45) is -1.44. The van der Waals surface area contributed by atoms with Crippen molar-refractivity contribution < 1.29 is 13.2 Å². The minimum Gasteiger partial charge on any atom is -0.287 e. The summed E-state index contributed by atoms with van der Waals surface area (Å²) in [6, 6.07) is 12.9. The van der Waals surface area contributed by atoms with Crippen LogP contribution in [0.25, 0.3) is 11.0 Å². The Morgan fingerprint density at radius 3 is 2.20 bits per heavy atom. The number of rotatable bonds is 4. The molecule has 0 bridgehead atoms. The lowest BCUT2D eigenvalue weighted by Crippen LogP contribution is -2.41. The molecular formula is C21H15F3N4O2. The van der Waals surface area contributed by atoms with Crippen LogP contribution in [0.15, 0.2) is 76.6 Å². The van der Waals surface area contributed by atoms with Gasteiger partial charge in [-0.1, -0.05) is 18.2 Å². The standard InChI is InChI=1S/C21H15F3N4O2/c22-21(23,24)15-8-6-14(7-9-15)12-27-17-5-3-11-26-18(17)19(29)28(20(27)30)13-16-4-1-2-10-25-16/h1-11H,12-13H2. The predicted molar refractivity (Wildman–Crippen MR) is 104 cm³/mol. The number of alkyl halides is 3. The molecule has 0 amide bonds. The van der Waals surface area contributed by atoms with E-state index in [9.17, 15) is 22.8 Å². The van der Waals surface area contributed by atoms with Gasteiger partial charge in [0.05, 0.1) is 29.9 Å². The molecule has 0 aliphatic rings. The molecule has 0 aliphatic heterocycles. The molecule has 0 unspecified atom stereocenters. The molecule has 4 rings (SSSR count). The molecule has 0 saturated heterocycles. The first-order chi connectivity index (χ1) is 14.3. The van der Waals surface area contributed by atoms with E-state index in [0.29, 0.717) is 16.8 Å². The largest absolute Gasteiger partial charge is 0.416 e. The lowest BCUT2D eigenvalue weighted by atomic mass is 10.1. The predicted octanol–water partition coefficient (Wildman–Crippen LogP) is 3.07. The normalized spacial score (nSPS) is 11.7. The maximum absolute atomic E-state index is 13.1. The van der Waals surface area contributed by atoms with E-state index in [1.807, 2.05) is 0 Å². The van der Waals surface area contributed by atoms with Crippen molar-refractivity contribution in [3.63, 3.8) is 0 Å². The minimum absolute atomic E-state index is 0.0122. The van der Waals surface area contributed by atoms with Gasteiger partial charge in [-0.05, 0) is 42.0 Å². The summed E-state index contributed by atoms with van der Waals surface area (Å²) in [7, 11) is 0. The first kappa shape index (κ1) is 19.6. The van der Waals surface area contributed by atoms with Gasteiger partial charge < -0.3 is 0 Å². The van der Waals surface area contributed by atoms with E-state index >= 15 is 0 Å². The molecule has 0 N–H and O–H groups in total. The molecule has 0 spiro atoms. The molecule has 1 aromatic carbocycles. The van der Waals surface area contributed by atoms with Crippen LogP contribution in [0.2, 0.25) is 0 Å². The molecule has 30 heavy (non-hydrogen) atoms. The number of nitrogens with zero attached hydrogens (tertiary/aromatic N) is 4. The molecule has 0 fully saturated rings. The Morgan fingerprint density at radius 1 is 0.800 bits per heavy atom. The van der Waals surface area contributed by atoms with Crippen molar-refractivity contribution in [1.82, 2.24) is 19.1 Å². The summed E-state index contributed by atoms with van der Waals surface area (Å²) in [6.45, 7) is -0.0559. The molecule has 152 valence electrons. The summed E-state index contributed by atoms with van der Waals surface area (Å²) in [5.74, 6) is 0. The lowest BCUT2D eigenvalue weighted by Gasteiger charge is -2.14. The second-order valence-electron chi connectivity index (χ2n) is 6.65. The van der Waals surface area contributed by atoms with Crippen LogP contribution in [0.1, 0.15) is 16.8 Å². The highest BCUT2D eigenvalue weighted by molar-refractivity contribution is 5.73. The fourth-order valence-electron chi connectivity index (χ4n) is 3.17. The van der Waals surface area contributed by atoms with Crippen LogP contribution < -0.4 is 11.2 Å². The smallest absolute Gasteiger partial charge is 0.287 e. The molecule has 0 aliphatic carbocycles. The van der Waals surface area contributed by atoms with Gasteiger partial charge in [0.1, 0.15) is 0 Å². The van der Waals surface area contributed by atoms with E-state index in [-0.39, 0.29) is 18.6 Å². The Bertz CT molecular complexity index is 1310. The molecule has 3 aromatic heterocycles. The fraction of sp³-hybridized carbons (Fsp3) is 0.143. The minimum atomic E-state index is -4.44. The van der Waals surface area contributed by atoms with Crippen molar-refractivity contribution in [3.8, 4) is 0 Å². The SMILES string of the molecule is O=c1c2ncccc2n(Cc2ccc(C(F)(F)F)cc2)c(=O)n1Cc1ccccn1. The van der Waals surface area contributed by atoms with Gasteiger partial charge in [0.15, 0.2) is 5.52 Å². The van der Waals surface area contributed by atoms with Gasteiger partial charge in [0.25, 0.3) is 5.56 Å². The van der Waals surface area contributed by atoms with Crippen LogP contribution in [-0.4, -0.2) is 19.1 Å². The number of benzene rings is 1. The summed E-state index contributed by atoms with van der Waals surface area (Å²) >= 11 is 0. The maximum atomic E-state index is 13.1. The Labute approximate surface area is 167 Å². The summed E-state index contributed by atoms with van der Waals surface area (Å²) in [5, 5.41) is 0. The van der Waals surface area contributed by atoms with Crippen LogP contribution in [0.4, 0.5) is 13.2 Å². The summed E-state index contributed by atoms with van der Waals surface area (Å²) < 4.78 is 40.8. The zero-order valence-corrected chi connectivity index (χ0v) is 15.5. The summed E-state index contributed by atoms with van der Waals surface area (Å²) in [4.78, 5) is 34.2. The van der Waals surface area contributed by atoms with Crippen molar-refractivity contribution in [2.24, 2.45) is 0 Å². The zero-order valence-electron chi connectivity index (χ0n) is 15.5. The second kappa shape index (κ2) is 7.58. The van der Waals surface area contributed by atoms with Crippen LogP contribution in [-0.2, 0) is 19.3 Å². The third-order valence-corrected chi connectivity index (χ3v) is 4.65. The molecule has 0 atom stereocenters. The van der Waals surface area contributed by atoms with Crippen LogP contribution in [0.5, 0.6) is 0 Å². The highest BCUT2D eigenvalue weighted by Crippen LogP contribution is 2.29. The van der Waals surface area contributed by atoms with Gasteiger partial charge in [-0.2, -0.15) is 13.2 Å². The van der Waals surface area contributed by atoms with Gasteiger partial charge >= 0.3 is 11.9 Å². The van der Waals surface area contributed by atoms with E-state index in [0.717, 1.165) is 16.7 Å². The Balaban J connectivity index is 1.83. The van der Waals surface area contributed by atoms with Gasteiger partial charge in [-0.15, -0.1) is 0 Å². The van der Waals surface area contributed by atoms with Crippen molar-refractivity contribution in [3.05, 3.63) is 105 Å². The van der Waals surface area contributed by atoms with Gasteiger partial charge in [-0.3, -0.25) is 18.9 Å². The van der Waals surface area contributed by atoms with E-state index in [4.69, 9.17) is 0 Å². The monoisotopic (exact) mass is 412 g/mol. The molecule has 0 saturated carbocycles. The first-order valence-corrected chi connectivity index (χ1v) is 8.99. The average Bonchev–Trinajstić information content (AvgIpc) is 2.75. The highest BCUT2D eigenvalue weighted by Gasteiger charge is 2.30. The Kier molecular flexibility index (Phi) is 4.94. The zero-order chi connectivity index (χ0) is 21.3. The highest BCUT2D eigenvalue weighted by atomic mass is 19.4. The van der Waals surface area contributed by atoms with Gasteiger partial charge in [0.2, 0.25) is 0 Å². The topological polar surface area (TPSA) is 69.8 Å². The van der Waals surface area contributed by atoms with E-state index in [2.05, 4.69) is 9.97 Å². The number of pyridine rings is 2. The number of hydrogen-bond acceptors (Lipinski definition) is 4. The van der Waals surface area contributed by atoms with Gasteiger partial charge in [-0.25, -0.2) is 9.78 Å². The Morgan fingerprint density at radius 2 is 1.53 bits per heavy atom. The maximum Gasteiger partial charge on any atom is 0.416 e. The Hall–Kier alpha value is -3.75. The van der Waals surface area contributed by atoms with Crippen molar-refractivity contribution in [2.45, 2.75) is 19.3 Å². The quantitative estimate of drug-likeness (QED) is 0.517. The molecule has 9 heteroatoms. The number of halogens is 3. The number of hydrogen-bond donors (Lipinski definition) is 0. The van der Waals surface area contributed by atoms with Crippen molar-refractivity contribution in [2.75, 3.05) is 0 Å². The first-order valence-electron chi connectivity index (χ1n) is 8.99. The van der Waals surface area contributed by atoms with Crippen LogP contribution >= 0.6 is 0 Å². The molecule has 3 heterocycles. The van der Waals surface area contributed by atoms with E-state index in [1.165, 1.54) is 22.9 Å². The number of aromatic nitrogens is 4. The third kappa shape index (κ3) is 3.73. The van der Waals surface area contributed by atoms with Crippen LogP contribution in [0.3, 0.4) is 0 Å². The lowest BCUT2D eigenvalue weighted by molar-refractivity contribution is -0.137. The molecular weight excluding hydrogens is 397 g/mol. The molecule has 0 radical (unpaired) electrons.